The van der Waals surface area contributed by atoms with E-state index < -0.39 is 41.1 Å². The number of carbonyl (C=O) groups excluding carboxylic acids is 3. The fourth-order valence-corrected chi connectivity index (χ4v) is 7.36. The van der Waals surface area contributed by atoms with Crippen molar-refractivity contribution >= 4 is 17.9 Å². The number of methoxy groups -OCH3 is 1. The summed E-state index contributed by atoms with van der Waals surface area (Å²) in [6, 6.07) is 12.4. The van der Waals surface area contributed by atoms with Gasteiger partial charge in [0.05, 0.1) is 37.6 Å². The molecule has 234 valence electrons. The van der Waals surface area contributed by atoms with Crippen molar-refractivity contribution in [1.29, 1.82) is 0 Å². The first-order chi connectivity index (χ1) is 21.1. The van der Waals surface area contributed by atoms with Crippen LogP contribution in [0.25, 0.3) is 0 Å². The van der Waals surface area contributed by atoms with Crippen molar-refractivity contribution in [1.82, 2.24) is 4.90 Å². The van der Waals surface area contributed by atoms with Crippen molar-refractivity contribution in [3.05, 3.63) is 71.0 Å². The molecule has 2 heterocycles. The molecule has 6 rings (SSSR count). The van der Waals surface area contributed by atoms with Crippen molar-refractivity contribution < 1.29 is 43.2 Å². The van der Waals surface area contributed by atoms with E-state index in [4.69, 9.17) is 23.7 Å². The SMILES string of the molecule is COc1ccc2c3c1O[C@H]1C(OC(=O)[C@@H](OC(=O)CCC(=O)OCC(C)C)c4ccccc4)=CC[C@@]4(O)[C@@H](C2)N(C)CC[C@]314. The number of benzene rings is 2. The van der Waals surface area contributed by atoms with Gasteiger partial charge in [-0.1, -0.05) is 50.2 Å². The standard InChI is InChI=1S/C34H39NO9/c1-20(2)19-41-26(36)12-13-27(37)43-29(21-8-6-5-7-9-21)32(38)42-24-14-15-34(39)25-18-22-10-11-23(40-4)30-28(22)33(34,31(24)44-30)16-17-35(25)3/h5-11,14,20,25,29,31,39H,12-13,15-19H2,1-4H3/t25-,29+,31+,33+,34-/m1/s1. The van der Waals surface area contributed by atoms with E-state index in [9.17, 15) is 19.5 Å². The molecule has 5 atom stereocenters. The highest BCUT2D eigenvalue weighted by molar-refractivity contribution is 5.83. The Labute approximate surface area is 256 Å². The second-order valence-electron chi connectivity index (χ2n) is 12.6. The highest BCUT2D eigenvalue weighted by Gasteiger charge is 2.72. The van der Waals surface area contributed by atoms with Gasteiger partial charge in [-0.15, -0.1) is 0 Å². The zero-order valence-electron chi connectivity index (χ0n) is 25.5. The third-order valence-corrected chi connectivity index (χ3v) is 9.45. The molecule has 2 bridgehead atoms. The summed E-state index contributed by atoms with van der Waals surface area (Å²) in [6.45, 7) is 4.83. The molecule has 0 saturated carbocycles. The van der Waals surface area contributed by atoms with Gasteiger partial charge in [-0.2, -0.15) is 0 Å². The summed E-state index contributed by atoms with van der Waals surface area (Å²) in [5.41, 5.74) is 0.434. The molecule has 1 saturated heterocycles. The van der Waals surface area contributed by atoms with Crippen LogP contribution in [-0.2, 0) is 40.4 Å². The molecule has 2 aliphatic carbocycles. The minimum Gasteiger partial charge on any atom is -0.493 e. The maximum absolute atomic E-state index is 13.8. The van der Waals surface area contributed by atoms with Crippen molar-refractivity contribution in [2.75, 3.05) is 27.3 Å². The van der Waals surface area contributed by atoms with Crippen molar-refractivity contribution in [2.24, 2.45) is 5.92 Å². The number of esters is 3. The van der Waals surface area contributed by atoms with Crippen LogP contribution < -0.4 is 9.47 Å². The van der Waals surface area contributed by atoms with Crippen LogP contribution in [-0.4, -0.2) is 73.0 Å². The van der Waals surface area contributed by atoms with Gasteiger partial charge in [0.25, 0.3) is 0 Å². The normalized spacial score (nSPS) is 27.0. The van der Waals surface area contributed by atoms with E-state index in [2.05, 4.69) is 4.90 Å². The van der Waals surface area contributed by atoms with Gasteiger partial charge in [-0.3, -0.25) is 9.59 Å². The lowest BCUT2D eigenvalue weighted by molar-refractivity contribution is -0.177. The average molecular weight is 606 g/mol. The third-order valence-electron chi connectivity index (χ3n) is 9.45. The fourth-order valence-electron chi connectivity index (χ4n) is 7.36. The molecule has 0 radical (unpaired) electrons. The lowest BCUT2D eigenvalue weighted by Gasteiger charge is -2.61. The van der Waals surface area contributed by atoms with Gasteiger partial charge in [-0.05, 0) is 50.1 Å². The molecular formula is C34H39NO9. The Bertz CT molecular complexity index is 1490. The first kappa shape index (κ1) is 30.1. The Hall–Kier alpha value is -3.89. The van der Waals surface area contributed by atoms with Crippen LogP contribution in [0.2, 0.25) is 0 Å². The number of likely N-dealkylation sites (N-methyl/N-ethyl adjacent to an activating group) is 1. The number of nitrogens with zero attached hydrogens (tertiary/aromatic N) is 1. The van der Waals surface area contributed by atoms with Crippen LogP contribution in [0.15, 0.2) is 54.3 Å². The molecular weight excluding hydrogens is 566 g/mol. The minimum atomic E-state index is -1.37. The van der Waals surface area contributed by atoms with E-state index >= 15 is 0 Å². The lowest BCUT2D eigenvalue weighted by Crippen LogP contribution is -2.74. The Morgan fingerprint density at radius 2 is 1.84 bits per heavy atom. The summed E-state index contributed by atoms with van der Waals surface area (Å²) >= 11 is 0. The van der Waals surface area contributed by atoms with Gasteiger partial charge in [0.1, 0.15) is 5.76 Å². The predicted molar refractivity (Wildman–Crippen MR) is 158 cm³/mol. The first-order valence-electron chi connectivity index (χ1n) is 15.2. The molecule has 10 heteroatoms. The van der Waals surface area contributed by atoms with Crippen LogP contribution >= 0.6 is 0 Å². The Balaban J connectivity index is 1.27. The number of hydrogen-bond acceptors (Lipinski definition) is 10. The van der Waals surface area contributed by atoms with E-state index in [1.165, 1.54) is 0 Å². The van der Waals surface area contributed by atoms with Gasteiger partial charge in [0.2, 0.25) is 6.10 Å². The van der Waals surface area contributed by atoms with Crippen LogP contribution in [0.5, 0.6) is 11.5 Å². The van der Waals surface area contributed by atoms with Crippen molar-refractivity contribution in [3.63, 3.8) is 0 Å². The van der Waals surface area contributed by atoms with E-state index in [1.807, 2.05) is 33.0 Å². The topological polar surface area (TPSA) is 121 Å². The Morgan fingerprint density at radius 1 is 1.09 bits per heavy atom. The molecule has 44 heavy (non-hydrogen) atoms. The molecule has 4 aliphatic rings. The smallest absolute Gasteiger partial charge is 0.357 e. The summed E-state index contributed by atoms with van der Waals surface area (Å²) in [7, 11) is 3.60. The average Bonchev–Trinajstić information content (AvgIpc) is 3.37. The molecule has 2 aromatic carbocycles. The van der Waals surface area contributed by atoms with E-state index in [1.54, 1.807) is 43.5 Å². The largest absolute Gasteiger partial charge is 0.493 e. The van der Waals surface area contributed by atoms with Crippen LogP contribution in [0.4, 0.5) is 0 Å². The quantitative estimate of drug-likeness (QED) is 0.316. The highest BCUT2D eigenvalue weighted by atomic mass is 16.6. The third kappa shape index (κ3) is 4.84. The Kier molecular flexibility index (Phi) is 7.92. The lowest BCUT2D eigenvalue weighted by atomic mass is 9.50. The number of ether oxygens (including phenoxy) is 5. The van der Waals surface area contributed by atoms with Gasteiger partial charge >= 0.3 is 17.9 Å². The second kappa shape index (κ2) is 11.6. The maximum Gasteiger partial charge on any atom is 0.357 e. The van der Waals surface area contributed by atoms with Gasteiger partial charge in [0, 0.05) is 23.6 Å². The number of carbonyl (C=O) groups is 3. The number of piperidine rings is 1. The summed E-state index contributed by atoms with van der Waals surface area (Å²) in [5.74, 6) is -0.476. The first-order valence-corrected chi connectivity index (χ1v) is 15.2. The Morgan fingerprint density at radius 3 is 2.57 bits per heavy atom. The molecule has 2 aliphatic heterocycles. The van der Waals surface area contributed by atoms with Crippen LogP contribution in [0.1, 0.15) is 62.3 Å². The van der Waals surface area contributed by atoms with Crippen molar-refractivity contribution in [2.45, 2.75) is 75.2 Å². The molecule has 1 spiro atoms. The van der Waals surface area contributed by atoms with E-state index in [0.717, 1.165) is 17.7 Å². The highest BCUT2D eigenvalue weighted by Crippen LogP contribution is 2.65. The number of rotatable bonds is 10. The summed E-state index contributed by atoms with van der Waals surface area (Å²) in [4.78, 5) is 40.9. The van der Waals surface area contributed by atoms with E-state index in [-0.39, 0.29) is 43.6 Å². The molecule has 2 aromatic rings. The predicted octanol–water partition coefficient (Wildman–Crippen LogP) is 3.78. The zero-order valence-corrected chi connectivity index (χ0v) is 25.5. The maximum atomic E-state index is 13.8. The fraction of sp³-hybridized carbons (Fsp3) is 0.500. The van der Waals surface area contributed by atoms with Crippen molar-refractivity contribution in [3.8, 4) is 11.5 Å². The van der Waals surface area contributed by atoms with Gasteiger partial charge < -0.3 is 33.7 Å². The van der Waals surface area contributed by atoms with Gasteiger partial charge in [0.15, 0.2) is 17.6 Å². The summed E-state index contributed by atoms with van der Waals surface area (Å²) in [5, 5.41) is 12.4. The monoisotopic (exact) mass is 605 g/mol. The summed E-state index contributed by atoms with van der Waals surface area (Å²) in [6.07, 6.45) is 0.673. The summed E-state index contributed by atoms with van der Waals surface area (Å²) < 4.78 is 29.1. The molecule has 10 nitrogen and oxygen atoms in total. The molecule has 1 fully saturated rings. The minimum absolute atomic E-state index is 0.145. The van der Waals surface area contributed by atoms with Crippen LogP contribution in [0.3, 0.4) is 0 Å². The number of likely N-dealkylation sites (tertiary alicyclic amines) is 1. The molecule has 1 N–H and O–H groups in total. The number of hydrogen-bond donors (Lipinski definition) is 1. The molecule has 0 amide bonds. The number of aliphatic hydroxyl groups is 1. The second-order valence-corrected chi connectivity index (χ2v) is 12.6. The zero-order chi connectivity index (χ0) is 31.2. The van der Waals surface area contributed by atoms with E-state index in [0.29, 0.717) is 29.9 Å². The molecule has 0 unspecified atom stereocenters. The molecule has 0 aromatic heterocycles. The van der Waals surface area contributed by atoms with Crippen LogP contribution in [0, 0.1) is 5.92 Å². The van der Waals surface area contributed by atoms with Gasteiger partial charge in [-0.25, -0.2) is 4.79 Å².